The molecule has 0 saturated heterocycles. The first kappa shape index (κ1) is 18.4. The first-order valence-electron chi connectivity index (χ1n) is 7.80. The average molecular weight is 311 g/mol. The summed E-state index contributed by atoms with van der Waals surface area (Å²) in [6, 6.07) is 2.00. The zero-order valence-electron chi connectivity index (χ0n) is 13.8. The van der Waals surface area contributed by atoms with Crippen molar-refractivity contribution in [1.82, 2.24) is 15.3 Å². The molecule has 0 amide bonds. The molecule has 0 bridgehead atoms. The van der Waals surface area contributed by atoms with Crippen LogP contribution in [-0.2, 0) is 0 Å². The lowest BCUT2D eigenvalue weighted by Crippen LogP contribution is -2.46. The van der Waals surface area contributed by atoms with E-state index in [0.29, 0.717) is 0 Å². The molecule has 5 heteroatoms. The maximum atomic E-state index is 9.52. The van der Waals surface area contributed by atoms with Crippen LogP contribution < -0.4 is 5.32 Å². The van der Waals surface area contributed by atoms with Gasteiger partial charge in [0.05, 0.1) is 6.61 Å². The SMILES string of the molecule is CCCNC(C)(CO)CCCCSc1nc(C)cc(C)n1. The fourth-order valence-electron chi connectivity index (χ4n) is 2.19. The lowest BCUT2D eigenvalue weighted by atomic mass is 9.96. The van der Waals surface area contributed by atoms with E-state index in [1.807, 2.05) is 19.9 Å². The molecule has 1 unspecified atom stereocenters. The van der Waals surface area contributed by atoms with E-state index in [1.54, 1.807) is 11.8 Å². The molecule has 0 saturated carbocycles. The van der Waals surface area contributed by atoms with E-state index in [4.69, 9.17) is 0 Å². The molecule has 1 rings (SSSR count). The molecular formula is C16H29N3OS. The first-order chi connectivity index (χ1) is 9.99. The van der Waals surface area contributed by atoms with E-state index in [-0.39, 0.29) is 12.1 Å². The van der Waals surface area contributed by atoms with Crippen LogP contribution in [0.4, 0.5) is 0 Å². The maximum absolute atomic E-state index is 9.52. The highest BCUT2D eigenvalue weighted by molar-refractivity contribution is 7.99. The number of hydrogen-bond donors (Lipinski definition) is 2. The molecule has 21 heavy (non-hydrogen) atoms. The Kier molecular flexibility index (Phi) is 8.22. The number of aliphatic hydroxyl groups excluding tert-OH is 1. The van der Waals surface area contributed by atoms with Gasteiger partial charge in [0.1, 0.15) is 0 Å². The van der Waals surface area contributed by atoms with E-state index in [2.05, 4.69) is 29.1 Å². The number of nitrogens with zero attached hydrogens (tertiary/aromatic N) is 2. The monoisotopic (exact) mass is 311 g/mol. The molecule has 0 aliphatic rings. The van der Waals surface area contributed by atoms with Gasteiger partial charge in [-0.15, -0.1) is 0 Å². The number of thioether (sulfide) groups is 1. The molecule has 0 aliphatic heterocycles. The predicted octanol–water partition coefficient (Wildman–Crippen LogP) is 3.11. The molecule has 0 aromatic carbocycles. The van der Waals surface area contributed by atoms with Gasteiger partial charge in [0.2, 0.25) is 0 Å². The predicted molar refractivity (Wildman–Crippen MR) is 89.9 cm³/mol. The normalized spacial score (nSPS) is 14.1. The lowest BCUT2D eigenvalue weighted by molar-refractivity contribution is 0.163. The summed E-state index contributed by atoms with van der Waals surface area (Å²) in [4.78, 5) is 8.87. The van der Waals surface area contributed by atoms with Gasteiger partial charge in [-0.2, -0.15) is 0 Å². The highest BCUT2D eigenvalue weighted by atomic mass is 32.2. The second kappa shape index (κ2) is 9.38. The van der Waals surface area contributed by atoms with Gasteiger partial charge in [-0.1, -0.05) is 25.1 Å². The Bertz CT molecular complexity index is 408. The van der Waals surface area contributed by atoms with Crippen LogP contribution in [0.1, 0.15) is 50.9 Å². The van der Waals surface area contributed by atoms with E-state index < -0.39 is 0 Å². The molecule has 0 spiro atoms. The van der Waals surface area contributed by atoms with E-state index in [9.17, 15) is 5.11 Å². The zero-order chi connectivity index (χ0) is 15.7. The smallest absolute Gasteiger partial charge is 0.187 e. The second-order valence-corrected chi connectivity index (χ2v) is 6.95. The van der Waals surface area contributed by atoms with Gasteiger partial charge >= 0.3 is 0 Å². The van der Waals surface area contributed by atoms with E-state index >= 15 is 0 Å². The number of rotatable bonds is 10. The highest BCUT2D eigenvalue weighted by Crippen LogP contribution is 2.19. The second-order valence-electron chi connectivity index (χ2n) is 5.88. The zero-order valence-corrected chi connectivity index (χ0v) is 14.6. The topological polar surface area (TPSA) is 58.0 Å². The van der Waals surface area contributed by atoms with Crippen molar-refractivity contribution < 1.29 is 5.11 Å². The van der Waals surface area contributed by atoms with Crippen LogP contribution in [0.2, 0.25) is 0 Å². The van der Waals surface area contributed by atoms with Crippen LogP contribution >= 0.6 is 11.8 Å². The van der Waals surface area contributed by atoms with Gasteiger partial charge < -0.3 is 10.4 Å². The molecule has 1 aromatic heterocycles. The van der Waals surface area contributed by atoms with Crippen LogP contribution in [0.3, 0.4) is 0 Å². The summed E-state index contributed by atoms with van der Waals surface area (Å²) in [5, 5.41) is 13.8. The number of aliphatic hydroxyl groups is 1. The Morgan fingerprint density at radius 1 is 1.24 bits per heavy atom. The van der Waals surface area contributed by atoms with Gasteiger partial charge in [0.15, 0.2) is 5.16 Å². The van der Waals surface area contributed by atoms with Crippen LogP contribution in [0.5, 0.6) is 0 Å². The third kappa shape index (κ3) is 7.25. The van der Waals surface area contributed by atoms with Crippen molar-refractivity contribution in [1.29, 1.82) is 0 Å². The largest absolute Gasteiger partial charge is 0.394 e. The number of aromatic nitrogens is 2. The minimum absolute atomic E-state index is 0.142. The third-order valence-electron chi connectivity index (χ3n) is 3.47. The van der Waals surface area contributed by atoms with Gasteiger partial charge in [-0.3, -0.25) is 0 Å². The van der Waals surface area contributed by atoms with Crippen LogP contribution in [-0.4, -0.2) is 39.5 Å². The Labute approximate surface area is 133 Å². The molecule has 1 atom stereocenters. The summed E-state index contributed by atoms with van der Waals surface area (Å²) < 4.78 is 0. The Hall–Kier alpha value is -0.650. The van der Waals surface area contributed by atoms with Gasteiger partial charge in [0.25, 0.3) is 0 Å². The minimum atomic E-state index is -0.142. The van der Waals surface area contributed by atoms with Gasteiger partial charge in [-0.05, 0) is 52.6 Å². The molecule has 0 radical (unpaired) electrons. The van der Waals surface area contributed by atoms with Crippen molar-refractivity contribution >= 4 is 11.8 Å². The highest BCUT2D eigenvalue weighted by Gasteiger charge is 2.21. The van der Waals surface area contributed by atoms with Crippen LogP contribution in [0, 0.1) is 13.8 Å². The summed E-state index contributed by atoms with van der Waals surface area (Å²) in [6.07, 6.45) is 4.31. The van der Waals surface area contributed by atoms with Crippen molar-refractivity contribution in [3.05, 3.63) is 17.5 Å². The number of aryl methyl sites for hydroxylation is 2. The Morgan fingerprint density at radius 2 is 1.90 bits per heavy atom. The van der Waals surface area contributed by atoms with E-state index in [1.165, 1.54) is 0 Å². The van der Waals surface area contributed by atoms with Crippen molar-refractivity contribution in [3.8, 4) is 0 Å². The Morgan fingerprint density at radius 3 is 2.48 bits per heavy atom. The number of hydrogen-bond acceptors (Lipinski definition) is 5. The van der Waals surface area contributed by atoms with Gasteiger partial charge in [-0.25, -0.2) is 9.97 Å². The average Bonchev–Trinajstić information content (AvgIpc) is 2.44. The molecule has 0 aliphatic carbocycles. The van der Waals surface area contributed by atoms with Crippen molar-refractivity contribution in [2.24, 2.45) is 0 Å². The summed E-state index contributed by atoms with van der Waals surface area (Å²) in [5.41, 5.74) is 1.92. The quantitative estimate of drug-likeness (QED) is 0.395. The summed E-state index contributed by atoms with van der Waals surface area (Å²) in [5.74, 6) is 1.03. The third-order valence-corrected chi connectivity index (χ3v) is 4.40. The molecule has 4 nitrogen and oxygen atoms in total. The maximum Gasteiger partial charge on any atom is 0.187 e. The molecule has 2 N–H and O–H groups in total. The summed E-state index contributed by atoms with van der Waals surface area (Å²) >= 11 is 1.72. The Balaban J connectivity index is 2.27. The molecule has 1 aromatic rings. The molecule has 1 heterocycles. The summed E-state index contributed by atoms with van der Waals surface area (Å²) in [7, 11) is 0. The first-order valence-corrected chi connectivity index (χ1v) is 8.78. The van der Waals surface area contributed by atoms with Crippen molar-refractivity contribution in [2.75, 3.05) is 18.9 Å². The van der Waals surface area contributed by atoms with E-state index in [0.717, 1.165) is 54.5 Å². The lowest BCUT2D eigenvalue weighted by Gasteiger charge is -2.28. The molecular weight excluding hydrogens is 282 g/mol. The molecule has 0 fully saturated rings. The minimum Gasteiger partial charge on any atom is -0.394 e. The van der Waals surface area contributed by atoms with Crippen LogP contribution in [0.25, 0.3) is 0 Å². The fourth-order valence-corrected chi connectivity index (χ4v) is 3.14. The van der Waals surface area contributed by atoms with Gasteiger partial charge in [0, 0.05) is 22.7 Å². The van der Waals surface area contributed by atoms with Crippen molar-refractivity contribution in [2.45, 2.75) is 64.1 Å². The standard InChI is InChI=1S/C16H29N3OS/c1-5-9-17-16(4,12-20)8-6-7-10-21-15-18-13(2)11-14(3)19-15/h11,17,20H,5-10,12H2,1-4H3. The van der Waals surface area contributed by atoms with Crippen molar-refractivity contribution in [3.63, 3.8) is 0 Å². The molecule has 120 valence electrons. The van der Waals surface area contributed by atoms with Crippen LogP contribution in [0.15, 0.2) is 11.2 Å². The number of nitrogens with one attached hydrogen (secondary N) is 1. The fraction of sp³-hybridized carbons (Fsp3) is 0.750. The number of unbranched alkanes of at least 4 members (excludes halogenated alkanes) is 1. The summed E-state index contributed by atoms with van der Waals surface area (Å²) in [6.45, 7) is 9.41.